The molecule has 0 bridgehead atoms. The monoisotopic (exact) mass is 881 g/mol. The molecule has 0 fully saturated rings. The molecule has 0 aliphatic heterocycles. The lowest BCUT2D eigenvalue weighted by Crippen LogP contribution is -2.16. The largest absolute Gasteiger partial charge is 0.308 e. The topological polar surface area (TPSA) is 4.41 Å². The van der Waals surface area contributed by atoms with E-state index in [2.05, 4.69) is 246 Å². The van der Waals surface area contributed by atoms with Crippen molar-refractivity contribution in [3.63, 3.8) is 0 Å². The third kappa shape index (κ3) is 5.71. The van der Waals surface area contributed by atoms with Crippen molar-refractivity contribution in [3.8, 4) is 100 Å². The maximum Gasteiger partial charge on any atom is 0.0621 e. The minimum atomic E-state index is -0.0357. The van der Waals surface area contributed by atoms with E-state index < -0.39 is 0 Å². The van der Waals surface area contributed by atoms with Crippen LogP contribution in [0.15, 0.2) is 200 Å². The SMILES string of the molecule is CC(C)(C)c1cc(-c2cc3c4c5c(ccc4n4c6ccc7c(c6c(c2)c34)-c2ccccc2-c2ccccc2-c2ccccc2-7)-c2ccccc2-c2ccccc2-c2ccccc2-5)cc(C(C)(C)C)c1. The molecule has 0 radical (unpaired) electrons. The van der Waals surface area contributed by atoms with Crippen LogP contribution in [0, 0.1) is 0 Å². The van der Waals surface area contributed by atoms with Gasteiger partial charge in [-0.3, -0.25) is 0 Å². The fraction of sp³-hybridized carbons (Fsp3) is 0.118. The van der Waals surface area contributed by atoms with Gasteiger partial charge in [0.2, 0.25) is 0 Å². The first-order valence-corrected chi connectivity index (χ1v) is 24.6. The first-order chi connectivity index (χ1) is 33.5. The van der Waals surface area contributed by atoms with Gasteiger partial charge in [-0.1, -0.05) is 217 Å². The molecule has 0 saturated carbocycles. The predicted octanol–water partition coefficient (Wildman–Crippen LogP) is 19.1. The van der Waals surface area contributed by atoms with Crippen LogP contribution in [0.4, 0.5) is 0 Å². The molecule has 2 heterocycles. The Morgan fingerprint density at radius 2 is 0.551 bits per heavy atom. The molecule has 0 unspecified atom stereocenters. The lowest BCUT2D eigenvalue weighted by atomic mass is 9.78. The Labute approximate surface area is 404 Å². The average Bonchev–Trinajstić information content (AvgIpc) is 3.88. The van der Waals surface area contributed by atoms with Gasteiger partial charge in [-0.15, -0.1) is 0 Å². The molecule has 0 spiro atoms. The maximum absolute atomic E-state index is 2.62. The van der Waals surface area contributed by atoms with Crippen LogP contribution in [0.2, 0.25) is 0 Å². The summed E-state index contributed by atoms with van der Waals surface area (Å²) in [4.78, 5) is 0. The zero-order valence-electron chi connectivity index (χ0n) is 40.0. The highest BCUT2D eigenvalue weighted by atomic mass is 14.9. The highest BCUT2D eigenvalue weighted by Gasteiger charge is 2.31. The summed E-state index contributed by atoms with van der Waals surface area (Å²) in [7, 11) is 0. The number of hydrogen-bond acceptors (Lipinski definition) is 0. The number of benzene rings is 10. The molecule has 2 aliphatic carbocycles. The van der Waals surface area contributed by atoms with Gasteiger partial charge in [0, 0.05) is 32.7 Å². The summed E-state index contributed by atoms with van der Waals surface area (Å²) < 4.78 is 2.62. The Morgan fingerprint density at radius 3 is 0.870 bits per heavy atom. The van der Waals surface area contributed by atoms with Crippen molar-refractivity contribution in [1.82, 2.24) is 4.40 Å². The molecule has 328 valence electrons. The third-order valence-corrected chi connectivity index (χ3v) is 15.6. The predicted molar refractivity (Wildman–Crippen MR) is 295 cm³/mol. The molecule has 0 amide bonds. The molecule has 0 N–H and O–H groups in total. The second-order valence-electron chi connectivity index (χ2n) is 21.6. The number of nitrogens with zero attached hydrogens (tertiary/aromatic N) is 1. The average molecular weight is 882 g/mol. The van der Waals surface area contributed by atoms with Crippen LogP contribution in [0.25, 0.3) is 138 Å². The third-order valence-electron chi connectivity index (χ3n) is 15.6. The van der Waals surface area contributed by atoms with Crippen molar-refractivity contribution >= 4 is 38.1 Å². The molecule has 14 rings (SSSR count). The molecular weight excluding hydrogens is 831 g/mol. The van der Waals surface area contributed by atoms with Crippen LogP contribution in [-0.4, -0.2) is 4.40 Å². The summed E-state index contributed by atoms with van der Waals surface area (Å²) in [6.45, 7) is 14.1. The lowest BCUT2D eigenvalue weighted by Gasteiger charge is -2.26. The van der Waals surface area contributed by atoms with E-state index in [1.807, 2.05) is 0 Å². The van der Waals surface area contributed by atoms with E-state index in [0.29, 0.717) is 0 Å². The summed E-state index contributed by atoms with van der Waals surface area (Å²) >= 11 is 0. The quantitative estimate of drug-likeness (QED) is 0.155. The van der Waals surface area contributed by atoms with Gasteiger partial charge >= 0.3 is 0 Å². The van der Waals surface area contributed by atoms with Gasteiger partial charge in [-0.2, -0.15) is 0 Å². The van der Waals surface area contributed by atoms with Crippen LogP contribution < -0.4 is 0 Å². The van der Waals surface area contributed by atoms with Crippen molar-refractivity contribution in [2.45, 2.75) is 52.4 Å². The van der Waals surface area contributed by atoms with E-state index in [1.54, 1.807) is 0 Å². The van der Waals surface area contributed by atoms with Crippen molar-refractivity contribution in [2.75, 3.05) is 0 Å². The number of fused-ring (bicyclic) bond motifs is 24. The first kappa shape index (κ1) is 40.1. The van der Waals surface area contributed by atoms with Crippen LogP contribution in [0.5, 0.6) is 0 Å². The number of aromatic nitrogens is 1. The Hall–Kier alpha value is -8.00. The second-order valence-corrected chi connectivity index (χ2v) is 21.6. The van der Waals surface area contributed by atoms with E-state index >= 15 is 0 Å². The smallest absolute Gasteiger partial charge is 0.0621 e. The lowest BCUT2D eigenvalue weighted by molar-refractivity contribution is 0.569. The normalized spacial score (nSPS) is 12.8. The Morgan fingerprint density at radius 1 is 0.275 bits per heavy atom. The summed E-state index contributed by atoms with van der Waals surface area (Å²) in [5.74, 6) is 0. The van der Waals surface area contributed by atoms with Crippen LogP contribution >= 0.6 is 0 Å². The minimum absolute atomic E-state index is 0.0357. The van der Waals surface area contributed by atoms with E-state index in [1.165, 1.54) is 149 Å². The van der Waals surface area contributed by atoms with Gasteiger partial charge in [0.1, 0.15) is 0 Å². The van der Waals surface area contributed by atoms with Gasteiger partial charge in [0.15, 0.2) is 0 Å². The van der Waals surface area contributed by atoms with Gasteiger partial charge in [-0.05, 0) is 135 Å². The first-order valence-electron chi connectivity index (χ1n) is 24.6. The molecule has 1 nitrogen and oxygen atoms in total. The number of hydrogen-bond donors (Lipinski definition) is 0. The molecule has 12 aromatic rings. The summed E-state index contributed by atoms with van der Waals surface area (Å²) in [6, 6.07) is 76.5. The highest BCUT2D eigenvalue weighted by molar-refractivity contribution is 6.32. The molecule has 69 heavy (non-hydrogen) atoms. The minimum Gasteiger partial charge on any atom is -0.308 e. The van der Waals surface area contributed by atoms with Gasteiger partial charge < -0.3 is 4.40 Å². The fourth-order valence-corrected chi connectivity index (χ4v) is 12.2. The zero-order valence-corrected chi connectivity index (χ0v) is 40.0. The summed E-state index contributed by atoms with van der Waals surface area (Å²) in [5, 5.41) is 5.16. The van der Waals surface area contributed by atoms with Crippen molar-refractivity contribution in [3.05, 3.63) is 211 Å². The Bertz CT molecular complexity index is 3870. The zero-order chi connectivity index (χ0) is 46.5. The van der Waals surface area contributed by atoms with E-state index in [-0.39, 0.29) is 10.8 Å². The summed E-state index contributed by atoms with van der Waals surface area (Å²) in [6.07, 6.45) is 0. The van der Waals surface area contributed by atoms with Gasteiger partial charge in [0.05, 0.1) is 16.6 Å². The van der Waals surface area contributed by atoms with Gasteiger partial charge in [-0.25, -0.2) is 0 Å². The molecule has 1 heteroatoms. The van der Waals surface area contributed by atoms with Crippen molar-refractivity contribution < 1.29 is 0 Å². The van der Waals surface area contributed by atoms with Crippen molar-refractivity contribution in [2.24, 2.45) is 0 Å². The highest BCUT2D eigenvalue weighted by Crippen LogP contribution is 2.56. The van der Waals surface area contributed by atoms with E-state index in [9.17, 15) is 0 Å². The molecule has 0 atom stereocenters. The van der Waals surface area contributed by atoms with E-state index in [4.69, 9.17) is 0 Å². The maximum atomic E-state index is 2.62. The molecule has 10 aromatic carbocycles. The fourth-order valence-electron chi connectivity index (χ4n) is 12.2. The van der Waals surface area contributed by atoms with Crippen molar-refractivity contribution in [1.29, 1.82) is 0 Å². The molecule has 0 saturated heterocycles. The van der Waals surface area contributed by atoms with Crippen LogP contribution in [0.3, 0.4) is 0 Å². The van der Waals surface area contributed by atoms with Gasteiger partial charge in [0.25, 0.3) is 0 Å². The summed E-state index contributed by atoms with van der Waals surface area (Å²) in [5.41, 5.74) is 29.1. The molecular formula is C68H51N. The Kier molecular flexibility index (Phi) is 8.29. The van der Waals surface area contributed by atoms with Crippen LogP contribution in [0.1, 0.15) is 52.7 Å². The Balaban J connectivity index is 1.20. The molecule has 2 aliphatic rings. The second kappa shape index (κ2) is 14.3. The van der Waals surface area contributed by atoms with E-state index in [0.717, 1.165) is 0 Å². The standard InChI is InChI=1S/C68H51N/c1-67(2,3)42-35-40(36-43(39-42)68(4,5)6)41-37-58-64-60(33-31-56-52-27-13-11-23-48(52)44-19-7-9-21-46(44)50-25-15-17-29-54(50)62(56)64)69-61-34-32-57-53-28-14-12-24-49(53)45-20-8-10-22-47(45)51-26-16-18-30-55(51)63(57)65(61)59(38-41)66(58)69/h7-39H,1-6H3. The molecule has 2 aromatic heterocycles. The number of rotatable bonds is 1. The van der Waals surface area contributed by atoms with Crippen LogP contribution in [-0.2, 0) is 10.8 Å².